The second-order valence-corrected chi connectivity index (χ2v) is 3.04. The first-order chi connectivity index (χ1) is 7.36. The van der Waals surface area contributed by atoms with Crippen molar-refractivity contribution in [2.75, 3.05) is 13.1 Å². The summed E-state index contributed by atoms with van der Waals surface area (Å²) in [6.45, 7) is 0.654. The molecule has 0 aliphatic carbocycles. The molecule has 8 nitrogen and oxygen atoms in total. The molecule has 2 atom stereocenters. The molecule has 2 unspecified atom stereocenters. The second-order valence-electron chi connectivity index (χ2n) is 3.04. The molecular formula is C8H20N4O4. The Balaban J connectivity index is 0. The maximum absolute atomic E-state index is 9.91. The van der Waals surface area contributed by atoms with Crippen molar-refractivity contribution >= 4 is 11.9 Å². The SMILES string of the molecule is NCCC(N)C(=O)O.NCCC(N)C(=O)O. The van der Waals surface area contributed by atoms with Crippen LogP contribution in [0.1, 0.15) is 12.8 Å². The molecule has 0 amide bonds. The Morgan fingerprint density at radius 3 is 1.19 bits per heavy atom. The predicted molar refractivity (Wildman–Crippen MR) is 58.6 cm³/mol. The topological polar surface area (TPSA) is 179 Å². The third kappa shape index (κ3) is 10.9. The standard InChI is InChI=1S/2C4H10N2O2/c2*5-2-1-3(6)4(7)8/h2*3H,1-2,5-6H2,(H,7,8). The number of rotatable bonds is 6. The highest BCUT2D eigenvalue weighted by atomic mass is 16.4. The lowest BCUT2D eigenvalue weighted by molar-refractivity contribution is -0.139. The Hall–Kier alpha value is -1.22. The summed E-state index contributed by atoms with van der Waals surface area (Å²) in [7, 11) is 0. The first-order valence-electron chi connectivity index (χ1n) is 4.73. The summed E-state index contributed by atoms with van der Waals surface area (Å²) in [6, 6.07) is -1.58. The van der Waals surface area contributed by atoms with Crippen LogP contribution >= 0.6 is 0 Å². The van der Waals surface area contributed by atoms with Crippen LogP contribution in [0.15, 0.2) is 0 Å². The molecule has 0 fully saturated rings. The van der Waals surface area contributed by atoms with Crippen LogP contribution in [-0.4, -0.2) is 47.3 Å². The van der Waals surface area contributed by atoms with Crippen LogP contribution in [0.2, 0.25) is 0 Å². The zero-order valence-corrected chi connectivity index (χ0v) is 9.00. The van der Waals surface area contributed by atoms with Crippen LogP contribution in [0.5, 0.6) is 0 Å². The van der Waals surface area contributed by atoms with Gasteiger partial charge in [-0.1, -0.05) is 0 Å². The van der Waals surface area contributed by atoms with Gasteiger partial charge < -0.3 is 33.1 Å². The van der Waals surface area contributed by atoms with Crippen molar-refractivity contribution in [1.29, 1.82) is 0 Å². The largest absolute Gasteiger partial charge is 0.480 e. The molecule has 0 spiro atoms. The number of hydrogen-bond acceptors (Lipinski definition) is 6. The number of carbonyl (C=O) groups is 2. The van der Waals surface area contributed by atoms with E-state index in [9.17, 15) is 9.59 Å². The van der Waals surface area contributed by atoms with E-state index in [1.807, 2.05) is 0 Å². The van der Waals surface area contributed by atoms with Gasteiger partial charge in [-0.25, -0.2) is 0 Å². The van der Waals surface area contributed by atoms with Crippen LogP contribution in [0.4, 0.5) is 0 Å². The minimum absolute atomic E-state index is 0.327. The molecule has 0 rings (SSSR count). The Kier molecular flexibility index (Phi) is 11.1. The highest BCUT2D eigenvalue weighted by Gasteiger charge is 2.08. The molecule has 0 saturated carbocycles. The number of aliphatic carboxylic acids is 2. The third-order valence-electron chi connectivity index (χ3n) is 1.59. The molecule has 0 saturated heterocycles. The Bertz CT molecular complexity index is 190. The second kappa shape index (κ2) is 10.3. The molecule has 0 heterocycles. The minimum atomic E-state index is -0.990. The first-order valence-corrected chi connectivity index (χ1v) is 4.73. The predicted octanol–water partition coefficient (Wildman–Crippen LogP) is -2.51. The van der Waals surface area contributed by atoms with E-state index in [0.717, 1.165) is 0 Å². The molecule has 0 radical (unpaired) electrons. The number of carboxylic acids is 2. The Labute approximate surface area is 93.6 Å². The molecule has 0 aromatic rings. The van der Waals surface area contributed by atoms with Gasteiger partial charge in [-0.15, -0.1) is 0 Å². The summed E-state index contributed by atoms with van der Waals surface area (Å²) in [4.78, 5) is 19.8. The van der Waals surface area contributed by atoms with E-state index < -0.39 is 24.0 Å². The van der Waals surface area contributed by atoms with Gasteiger partial charge in [0.1, 0.15) is 12.1 Å². The van der Waals surface area contributed by atoms with Crippen molar-refractivity contribution in [3.63, 3.8) is 0 Å². The summed E-state index contributed by atoms with van der Waals surface area (Å²) >= 11 is 0. The maximum Gasteiger partial charge on any atom is 0.320 e. The van der Waals surface area contributed by atoms with Crippen molar-refractivity contribution < 1.29 is 19.8 Å². The number of hydrogen-bond donors (Lipinski definition) is 6. The highest BCUT2D eigenvalue weighted by molar-refractivity contribution is 5.73. The first kappa shape index (κ1) is 17.2. The van der Waals surface area contributed by atoms with E-state index in [-0.39, 0.29) is 0 Å². The molecule has 8 heteroatoms. The summed E-state index contributed by atoms with van der Waals surface area (Å²) < 4.78 is 0. The summed E-state index contributed by atoms with van der Waals surface area (Å²) in [6.07, 6.45) is 0.685. The number of nitrogens with two attached hydrogens (primary N) is 4. The van der Waals surface area contributed by atoms with Crippen molar-refractivity contribution in [3.05, 3.63) is 0 Å². The van der Waals surface area contributed by atoms with E-state index >= 15 is 0 Å². The molecule has 0 aromatic carbocycles. The maximum atomic E-state index is 9.91. The zero-order chi connectivity index (χ0) is 13.1. The van der Waals surface area contributed by atoms with Gasteiger partial charge in [0.25, 0.3) is 0 Å². The fourth-order valence-electron chi connectivity index (χ4n) is 0.606. The van der Waals surface area contributed by atoms with Crippen LogP contribution < -0.4 is 22.9 Å². The fourth-order valence-corrected chi connectivity index (χ4v) is 0.606. The molecule has 16 heavy (non-hydrogen) atoms. The monoisotopic (exact) mass is 236 g/mol. The molecule has 0 aromatic heterocycles. The van der Waals surface area contributed by atoms with E-state index in [1.54, 1.807) is 0 Å². The van der Waals surface area contributed by atoms with Gasteiger partial charge in [0.2, 0.25) is 0 Å². The van der Waals surface area contributed by atoms with Gasteiger partial charge in [-0.3, -0.25) is 9.59 Å². The fraction of sp³-hybridized carbons (Fsp3) is 0.750. The van der Waals surface area contributed by atoms with E-state index in [4.69, 9.17) is 33.1 Å². The average molecular weight is 236 g/mol. The van der Waals surface area contributed by atoms with Gasteiger partial charge in [-0.2, -0.15) is 0 Å². The van der Waals surface area contributed by atoms with Crippen molar-refractivity contribution in [2.24, 2.45) is 22.9 Å². The number of carboxylic acid groups (broad SMARTS) is 2. The molecule has 96 valence electrons. The van der Waals surface area contributed by atoms with Crippen molar-refractivity contribution in [3.8, 4) is 0 Å². The van der Waals surface area contributed by atoms with Crippen LogP contribution in [0.25, 0.3) is 0 Å². The lowest BCUT2D eigenvalue weighted by Crippen LogP contribution is -2.32. The van der Waals surface area contributed by atoms with E-state index in [0.29, 0.717) is 25.9 Å². The molecular weight excluding hydrogens is 216 g/mol. The van der Waals surface area contributed by atoms with Gasteiger partial charge in [0, 0.05) is 0 Å². The minimum Gasteiger partial charge on any atom is -0.480 e. The van der Waals surface area contributed by atoms with E-state index in [1.165, 1.54) is 0 Å². The van der Waals surface area contributed by atoms with Crippen molar-refractivity contribution in [1.82, 2.24) is 0 Å². The summed E-state index contributed by atoms with van der Waals surface area (Å²) in [5.74, 6) is -1.98. The lowest BCUT2D eigenvalue weighted by atomic mass is 10.2. The highest BCUT2D eigenvalue weighted by Crippen LogP contribution is 1.82. The molecule has 0 bridgehead atoms. The molecule has 0 aliphatic heterocycles. The smallest absolute Gasteiger partial charge is 0.320 e. The van der Waals surface area contributed by atoms with Crippen LogP contribution in [0.3, 0.4) is 0 Å². The van der Waals surface area contributed by atoms with Crippen molar-refractivity contribution in [2.45, 2.75) is 24.9 Å². The van der Waals surface area contributed by atoms with Crippen LogP contribution in [0, 0.1) is 0 Å². The normalized spacial score (nSPS) is 13.2. The van der Waals surface area contributed by atoms with Gasteiger partial charge in [0.15, 0.2) is 0 Å². The van der Waals surface area contributed by atoms with Crippen LogP contribution in [-0.2, 0) is 9.59 Å². The summed E-state index contributed by atoms with van der Waals surface area (Å²) in [5, 5.41) is 16.3. The molecule has 10 N–H and O–H groups in total. The Morgan fingerprint density at radius 2 is 1.12 bits per heavy atom. The zero-order valence-electron chi connectivity index (χ0n) is 9.00. The lowest BCUT2D eigenvalue weighted by Gasteiger charge is -2.00. The van der Waals surface area contributed by atoms with Gasteiger partial charge in [-0.05, 0) is 25.9 Å². The summed E-state index contributed by atoms with van der Waals surface area (Å²) in [5.41, 5.74) is 20.1. The van der Waals surface area contributed by atoms with E-state index in [2.05, 4.69) is 0 Å². The molecule has 0 aliphatic rings. The van der Waals surface area contributed by atoms with Gasteiger partial charge in [0.05, 0.1) is 0 Å². The Morgan fingerprint density at radius 1 is 0.875 bits per heavy atom. The van der Waals surface area contributed by atoms with Gasteiger partial charge >= 0.3 is 11.9 Å². The quantitative estimate of drug-likeness (QED) is 0.292. The average Bonchev–Trinajstić information content (AvgIpc) is 2.19. The third-order valence-corrected chi connectivity index (χ3v) is 1.59.